The number of furan rings is 1. The summed E-state index contributed by atoms with van der Waals surface area (Å²) in [6, 6.07) is 1.71. The highest BCUT2D eigenvalue weighted by Gasteiger charge is 2.26. The molecule has 2 N–H and O–H groups in total. The first-order valence-electron chi connectivity index (χ1n) is 7.66. The quantitative estimate of drug-likeness (QED) is 0.899. The first kappa shape index (κ1) is 16.4. The topological polar surface area (TPSA) is 80.6 Å². The Hall–Kier alpha value is -1.98. The first-order chi connectivity index (χ1) is 10.3. The average molecular weight is 308 g/mol. The maximum absolute atomic E-state index is 12.0. The van der Waals surface area contributed by atoms with Gasteiger partial charge in [0.05, 0.1) is 11.8 Å². The molecule has 2 rings (SSSR count). The molecule has 0 spiro atoms. The van der Waals surface area contributed by atoms with E-state index in [1.54, 1.807) is 6.07 Å². The fourth-order valence-electron chi connectivity index (χ4n) is 2.59. The lowest BCUT2D eigenvalue weighted by molar-refractivity contribution is 0.0489. The molecule has 0 aromatic carbocycles. The van der Waals surface area contributed by atoms with Crippen LogP contribution in [0.15, 0.2) is 23.0 Å². The van der Waals surface area contributed by atoms with Gasteiger partial charge in [-0.1, -0.05) is 0 Å². The lowest BCUT2D eigenvalue weighted by Crippen LogP contribution is -2.46. The zero-order chi connectivity index (χ0) is 16.2. The van der Waals surface area contributed by atoms with Gasteiger partial charge in [-0.25, -0.2) is 4.79 Å². The van der Waals surface area contributed by atoms with Gasteiger partial charge in [0, 0.05) is 12.1 Å². The molecule has 1 saturated carbocycles. The van der Waals surface area contributed by atoms with Gasteiger partial charge in [-0.05, 0) is 52.5 Å². The van der Waals surface area contributed by atoms with E-state index >= 15 is 0 Å². The summed E-state index contributed by atoms with van der Waals surface area (Å²) in [5, 5.41) is 5.86. The SMILES string of the molecule is CC(C)(C)OC(=O)N[C@@H]1CCC[C@H](NC(=O)c2ccoc2)C1. The lowest BCUT2D eigenvalue weighted by atomic mass is 9.91. The zero-order valence-corrected chi connectivity index (χ0v) is 13.3. The van der Waals surface area contributed by atoms with Crippen molar-refractivity contribution >= 4 is 12.0 Å². The summed E-state index contributed by atoms with van der Waals surface area (Å²) in [5.74, 6) is -0.142. The summed E-state index contributed by atoms with van der Waals surface area (Å²) in [5.41, 5.74) is 0.00965. The number of rotatable bonds is 3. The summed E-state index contributed by atoms with van der Waals surface area (Å²) in [6.07, 6.45) is 5.98. The van der Waals surface area contributed by atoms with Crippen molar-refractivity contribution in [1.29, 1.82) is 0 Å². The minimum Gasteiger partial charge on any atom is -0.472 e. The number of carbonyl (C=O) groups is 2. The summed E-state index contributed by atoms with van der Waals surface area (Å²) < 4.78 is 10.2. The summed E-state index contributed by atoms with van der Waals surface area (Å²) in [4.78, 5) is 23.8. The predicted molar refractivity (Wildman–Crippen MR) is 81.6 cm³/mol. The molecular weight excluding hydrogens is 284 g/mol. The molecule has 0 bridgehead atoms. The van der Waals surface area contributed by atoms with Crippen LogP contribution >= 0.6 is 0 Å². The Labute approximate surface area is 130 Å². The first-order valence-corrected chi connectivity index (χ1v) is 7.66. The molecule has 2 amide bonds. The number of hydrogen-bond acceptors (Lipinski definition) is 4. The molecule has 2 atom stereocenters. The van der Waals surface area contributed by atoms with Crippen molar-refractivity contribution in [3.05, 3.63) is 24.2 Å². The van der Waals surface area contributed by atoms with Gasteiger partial charge < -0.3 is 19.8 Å². The molecule has 1 aromatic heterocycles. The molecule has 0 aliphatic heterocycles. The highest BCUT2D eigenvalue weighted by atomic mass is 16.6. The van der Waals surface area contributed by atoms with Crippen molar-refractivity contribution in [3.63, 3.8) is 0 Å². The molecule has 1 aliphatic rings. The molecule has 0 unspecified atom stereocenters. The van der Waals surface area contributed by atoms with Crippen molar-refractivity contribution < 1.29 is 18.7 Å². The fourth-order valence-corrected chi connectivity index (χ4v) is 2.59. The Balaban J connectivity index is 1.81. The predicted octanol–water partition coefficient (Wildman–Crippen LogP) is 2.85. The molecule has 0 radical (unpaired) electrons. The lowest BCUT2D eigenvalue weighted by Gasteiger charge is -2.31. The molecule has 6 heteroatoms. The molecule has 1 fully saturated rings. The van der Waals surface area contributed by atoms with Crippen molar-refractivity contribution in [1.82, 2.24) is 10.6 Å². The Bertz CT molecular complexity index is 505. The third kappa shape index (κ3) is 5.09. The number of ether oxygens (including phenoxy) is 1. The molecular formula is C16H24N2O4. The average Bonchev–Trinajstić information content (AvgIpc) is 2.90. The van der Waals surface area contributed by atoms with Gasteiger partial charge in [0.15, 0.2) is 0 Å². The monoisotopic (exact) mass is 308 g/mol. The largest absolute Gasteiger partial charge is 0.472 e. The van der Waals surface area contributed by atoms with Crippen LogP contribution in [0.25, 0.3) is 0 Å². The van der Waals surface area contributed by atoms with Gasteiger partial charge in [0.1, 0.15) is 11.9 Å². The summed E-state index contributed by atoms with van der Waals surface area (Å²) in [7, 11) is 0. The second-order valence-corrected chi connectivity index (χ2v) is 6.69. The van der Waals surface area contributed by atoms with Crippen molar-refractivity contribution in [2.45, 2.75) is 64.1 Å². The summed E-state index contributed by atoms with van der Waals surface area (Å²) in [6.45, 7) is 5.50. The number of alkyl carbamates (subject to hydrolysis) is 1. The van der Waals surface area contributed by atoms with Crippen molar-refractivity contribution in [3.8, 4) is 0 Å². The Kier molecular flexibility index (Phi) is 5.11. The van der Waals surface area contributed by atoms with Gasteiger partial charge in [0.2, 0.25) is 0 Å². The van der Waals surface area contributed by atoms with Crippen LogP contribution in [0.3, 0.4) is 0 Å². The Morgan fingerprint density at radius 1 is 1.23 bits per heavy atom. The maximum atomic E-state index is 12.0. The van der Waals surface area contributed by atoms with Gasteiger partial charge >= 0.3 is 6.09 Å². The van der Waals surface area contributed by atoms with E-state index in [0.717, 1.165) is 19.3 Å². The van der Waals surface area contributed by atoms with E-state index in [-0.39, 0.29) is 18.0 Å². The van der Waals surface area contributed by atoms with Gasteiger partial charge in [-0.15, -0.1) is 0 Å². The van der Waals surface area contributed by atoms with E-state index < -0.39 is 11.7 Å². The highest BCUT2D eigenvalue weighted by Crippen LogP contribution is 2.20. The fraction of sp³-hybridized carbons (Fsp3) is 0.625. The van der Waals surface area contributed by atoms with Crippen molar-refractivity contribution in [2.24, 2.45) is 0 Å². The molecule has 1 heterocycles. The van der Waals surface area contributed by atoms with E-state index in [9.17, 15) is 9.59 Å². The third-order valence-electron chi connectivity index (χ3n) is 3.51. The van der Waals surface area contributed by atoms with Gasteiger partial charge in [0.25, 0.3) is 5.91 Å². The Morgan fingerprint density at radius 2 is 1.91 bits per heavy atom. The molecule has 22 heavy (non-hydrogen) atoms. The number of nitrogens with one attached hydrogen (secondary N) is 2. The molecule has 0 saturated heterocycles. The van der Waals surface area contributed by atoms with Crippen LogP contribution in [0.1, 0.15) is 56.8 Å². The molecule has 6 nitrogen and oxygen atoms in total. The normalized spacial score (nSPS) is 22.0. The van der Waals surface area contributed by atoms with Crippen LogP contribution in [0.5, 0.6) is 0 Å². The maximum Gasteiger partial charge on any atom is 0.407 e. The smallest absolute Gasteiger partial charge is 0.407 e. The standard InChI is InChI=1S/C16H24N2O4/c1-16(2,3)22-15(20)18-13-6-4-5-12(9-13)17-14(19)11-7-8-21-10-11/h7-8,10,12-13H,4-6,9H2,1-3H3,(H,17,19)(H,18,20)/t12-,13+/m0/s1. The second-order valence-electron chi connectivity index (χ2n) is 6.69. The number of hydrogen-bond donors (Lipinski definition) is 2. The van der Waals surface area contributed by atoms with E-state index in [0.29, 0.717) is 12.0 Å². The van der Waals surface area contributed by atoms with E-state index in [1.807, 2.05) is 20.8 Å². The highest BCUT2D eigenvalue weighted by molar-refractivity contribution is 5.93. The van der Waals surface area contributed by atoms with Crippen LogP contribution in [-0.2, 0) is 4.74 Å². The third-order valence-corrected chi connectivity index (χ3v) is 3.51. The van der Waals surface area contributed by atoms with E-state index in [4.69, 9.17) is 9.15 Å². The van der Waals surface area contributed by atoms with Crippen LogP contribution in [0.2, 0.25) is 0 Å². The second kappa shape index (κ2) is 6.85. The van der Waals surface area contributed by atoms with E-state index in [1.165, 1.54) is 12.5 Å². The number of amides is 2. The molecule has 1 aliphatic carbocycles. The van der Waals surface area contributed by atoms with Crippen LogP contribution in [0, 0.1) is 0 Å². The van der Waals surface area contributed by atoms with E-state index in [2.05, 4.69) is 10.6 Å². The zero-order valence-electron chi connectivity index (χ0n) is 13.3. The number of carbonyl (C=O) groups excluding carboxylic acids is 2. The Morgan fingerprint density at radius 3 is 2.50 bits per heavy atom. The minimum atomic E-state index is -0.506. The van der Waals surface area contributed by atoms with Crippen LogP contribution < -0.4 is 10.6 Å². The van der Waals surface area contributed by atoms with Crippen molar-refractivity contribution in [2.75, 3.05) is 0 Å². The van der Waals surface area contributed by atoms with Crippen LogP contribution in [-0.4, -0.2) is 29.7 Å². The summed E-state index contributed by atoms with van der Waals surface area (Å²) >= 11 is 0. The van der Waals surface area contributed by atoms with Gasteiger partial charge in [-0.3, -0.25) is 4.79 Å². The minimum absolute atomic E-state index is 0.0262. The molecule has 122 valence electrons. The van der Waals surface area contributed by atoms with Gasteiger partial charge in [-0.2, -0.15) is 0 Å². The molecule has 1 aromatic rings. The van der Waals surface area contributed by atoms with Crippen LogP contribution in [0.4, 0.5) is 4.79 Å².